The second-order valence-corrected chi connectivity index (χ2v) is 6.02. The van der Waals surface area contributed by atoms with Crippen LogP contribution in [0.4, 0.5) is 0 Å². The Morgan fingerprint density at radius 2 is 2.06 bits per heavy atom. The van der Waals surface area contributed by atoms with Crippen LogP contribution < -0.4 is 4.74 Å². The molecule has 2 nitrogen and oxygen atoms in total. The van der Waals surface area contributed by atoms with Crippen molar-refractivity contribution in [3.05, 3.63) is 28.2 Å². The minimum absolute atomic E-state index is 0.117. The zero-order chi connectivity index (χ0) is 13.1. The molecular formula is C14H21BrO2. The fourth-order valence-corrected chi connectivity index (χ4v) is 2.17. The Hall–Kier alpha value is -0.540. The van der Waals surface area contributed by atoms with Gasteiger partial charge in [0.15, 0.2) is 0 Å². The zero-order valence-electron chi connectivity index (χ0n) is 11.0. The third-order valence-corrected chi connectivity index (χ3v) is 4.09. The normalized spacial score (nSPS) is 14.8. The van der Waals surface area contributed by atoms with Gasteiger partial charge < -0.3 is 9.84 Å². The molecule has 0 aliphatic carbocycles. The van der Waals surface area contributed by atoms with Crippen molar-refractivity contribution in [3.8, 4) is 5.75 Å². The van der Waals surface area contributed by atoms with E-state index >= 15 is 0 Å². The molecule has 3 heteroatoms. The molecule has 0 spiro atoms. The average molecular weight is 301 g/mol. The van der Waals surface area contributed by atoms with Gasteiger partial charge in [-0.15, -0.1) is 0 Å². The van der Waals surface area contributed by atoms with Crippen LogP contribution in [0.25, 0.3) is 0 Å². The summed E-state index contributed by atoms with van der Waals surface area (Å²) in [7, 11) is 1.68. The molecule has 1 atom stereocenters. The van der Waals surface area contributed by atoms with E-state index in [-0.39, 0.29) is 12.0 Å². The highest BCUT2D eigenvalue weighted by molar-refractivity contribution is 9.10. The molecule has 1 unspecified atom stereocenters. The Labute approximate surface area is 112 Å². The van der Waals surface area contributed by atoms with Crippen molar-refractivity contribution < 1.29 is 9.84 Å². The van der Waals surface area contributed by atoms with Gasteiger partial charge in [0, 0.05) is 11.1 Å². The highest BCUT2D eigenvalue weighted by atomic mass is 79.9. The summed E-state index contributed by atoms with van der Waals surface area (Å²) < 4.78 is 6.41. The first-order valence-electron chi connectivity index (χ1n) is 5.86. The quantitative estimate of drug-likeness (QED) is 0.899. The Bertz CT molecular complexity index is 376. The number of methoxy groups -OCH3 is 1. The molecule has 0 saturated carbocycles. The van der Waals surface area contributed by atoms with E-state index in [9.17, 15) is 5.11 Å². The van der Waals surface area contributed by atoms with Crippen LogP contribution in [0.3, 0.4) is 0 Å². The Morgan fingerprint density at radius 1 is 1.41 bits per heavy atom. The molecule has 0 radical (unpaired) electrons. The number of aliphatic hydroxyl groups excluding tert-OH is 1. The highest BCUT2D eigenvalue weighted by Gasteiger charge is 2.29. The molecule has 1 rings (SSSR count). The first kappa shape index (κ1) is 14.5. The number of aliphatic hydroxyl groups is 1. The van der Waals surface area contributed by atoms with Gasteiger partial charge in [-0.05, 0) is 41.5 Å². The van der Waals surface area contributed by atoms with E-state index in [0.717, 1.165) is 22.2 Å². The van der Waals surface area contributed by atoms with Crippen LogP contribution in [0.15, 0.2) is 22.7 Å². The van der Waals surface area contributed by atoms with Crippen molar-refractivity contribution in [2.45, 2.75) is 27.2 Å². The van der Waals surface area contributed by atoms with Crippen LogP contribution in [0, 0.1) is 11.3 Å². The third-order valence-electron chi connectivity index (χ3n) is 3.59. The van der Waals surface area contributed by atoms with Crippen LogP contribution in [-0.2, 0) is 6.42 Å². The fraction of sp³-hybridized carbons (Fsp3) is 0.571. The van der Waals surface area contributed by atoms with Gasteiger partial charge in [0.1, 0.15) is 5.75 Å². The SMILES string of the molecule is COc1ccc(Br)cc1CC(C)(CO)C(C)C. The minimum atomic E-state index is -0.117. The van der Waals surface area contributed by atoms with Crippen LogP contribution >= 0.6 is 15.9 Å². The first-order valence-corrected chi connectivity index (χ1v) is 6.65. The van der Waals surface area contributed by atoms with E-state index < -0.39 is 0 Å². The molecule has 0 fully saturated rings. The molecule has 0 heterocycles. The van der Waals surface area contributed by atoms with Gasteiger partial charge in [-0.25, -0.2) is 0 Å². The predicted molar refractivity (Wildman–Crippen MR) is 74.4 cm³/mol. The highest BCUT2D eigenvalue weighted by Crippen LogP contribution is 2.35. The largest absolute Gasteiger partial charge is 0.496 e. The van der Waals surface area contributed by atoms with Gasteiger partial charge in [-0.1, -0.05) is 36.7 Å². The number of rotatable bonds is 5. The minimum Gasteiger partial charge on any atom is -0.496 e. The topological polar surface area (TPSA) is 29.5 Å². The predicted octanol–water partition coefficient (Wildman–Crippen LogP) is 3.65. The molecule has 0 amide bonds. The molecule has 0 aliphatic heterocycles. The van der Waals surface area contributed by atoms with E-state index in [4.69, 9.17) is 4.74 Å². The van der Waals surface area contributed by atoms with E-state index in [1.165, 1.54) is 0 Å². The summed E-state index contributed by atoms with van der Waals surface area (Å²) in [5.41, 5.74) is 1.01. The van der Waals surface area contributed by atoms with Crippen LogP contribution in [0.5, 0.6) is 5.75 Å². The number of benzene rings is 1. The second-order valence-electron chi connectivity index (χ2n) is 5.10. The standard InChI is InChI=1S/C14H21BrO2/c1-10(2)14(3,9-16)8-11-7-12(15)5-6-13(11)17-4/h5-7,10,16H,8-9H2,1-4H3. The molecule has 0 saturated heterocycles. The molecule has 17 heavy (non-hydrogen) atoms. The Morgan fingerprint density at radius 3 is 2.53 bits per heavy atom. The van der Waals surface area contributed by atoms with Crippen LogP contribution in [0.1, 0.15) is 26.3 Å². The Kier molecular flexibility index (Phi) is 5.02. The number of hydrogen-bond donors (Lipinski definition) is 1. The van der Waals surface area contributed by atoms with Gasteiger partial charge in [-0.3, -0.25) is 0 Å². The molecule has 0 aliphatic rings. The summed E-state index contributed by atoms with van der Waals surface area (Å²) in [6.45, 7) is 6.57. The number of halogens is 1. The smallest absolute Gasteiger partial charge is 0.122 e. The maximum absolute atomic E-state index is 9.60. The lowest BCUT2D eigenvalue weighted by atomic mass is 9.75. The van der Waals surface area contributed by atoms with Gasteiger partial charge in [0.2, 0.25) is 0 Å². The van der Waals surface area contributed by atoms with Crippen molar-refractivity contribution in [2.24, 2.45) is 11.3 Å². The Balaban J connectivity index is 3.04. The van der Waals surface area contributed by atoms with Crippen molar-refractivity contribution in [1.29, 1.82) is 0 Å². The van der Waals surface area contributed by atoms with Crippen molar-refractivity contribution in [1.82, 2.24) is 0 Å². The molecular weight excluding hydrogens is 280 g/mol. The lowest BCUT2D eigenvalue weighted by Gasteiger charge is -2.32. The van der Waals surface area contributed by atoms with Gasteiger partial charge in [0.25, 0.3) is 0 Å². The summed E-state index contributed by atoms with van der Waals surface area (Å²) >= 11 is 3.47. The summed E-state index contributed by atoms with van der Waals surface area (Å²) in [5, 5.41) is 9.60. The molecule has 96 valence electrons. The third kappa shape index (κ3) is 3.46. The summed E-state index contributed by atoms with van der Waals surface area (Å²) in [4.78, 5) is 0. The molecule has 0 aromatic heterocycles. The van der Waals surface area contributed by atoms with E-state index in [1.54, 1.807) is 7.11 Å². The number of hydrogen-bond acceptors (Lipinski definition) is 2. The van der Waals surface area contributed by atoms with Gasteiger partial charge in [-0.2, -0.15) is 0 Å². The van der Waals surface area contributed by atoms with E-state index in [2.05, 4.69) is 42.8 Å². The zero-order valence-corrected chi connectivity index (χ0v) is 12.5. The molecule has 1 N–H and O–H groups in total. The molecule has 1 aromatic rings. The van der Waals surface area contributed by atoms with Crippen molar-refractivity contribution in [2.75, 3.05) is 13.7 Å². The second kappa shape index (κ2) is 5.87. The van der Waals surface area contributed by atoms with E-state index in [0.29, 0.717) is 5.92 Å². The van der Waals surface area contributed by atoms with Crippen LogP contribution in [-0.4, -0.2) is 18.8 Å². The van der Waals surface area contributed by atoms with Gasteiger partial charge >= 0.3 is 0 Å². The van der Waals surface area contributed by atoms with E-state index in [1.807, 2.05) is 12.1 Å². The summed E-state index contributed by atoms with van der Waals surface area (Å²) in [6.07, 6.45) is 0.809. The van der Waals surface area contributed by atoms with Crippen LogP contribution in [0.2, 0.25) is 0 Å². The summed E-state index contributed by atoms with van der Waals surface area (Å²) in [5.74, 6) is 1.30. The lowest BCUT2D eigenvalue weighted by Crippen LogP contribution is -2.30. The van der Waals surface area contributed by atoms with Crippen molar-refractivity contribution in [3.63, 3.8) is 0 Å². The van der Waals surface area contributed by atoms with Crippen molar-refractivity contribution >= 4 is 15.9 Å². The summed E-state index contributed by atoms with van der Waals surface area (Å²) in [6, 6.07) is 5.99. The number of ether oxygens (including phenoxy) is 1. The monoisotopic (exact) mass is 300 g/mol. The first-order chi connectivity index (χ1) is 7.92. The molecule has 0 bridgehead atoms. The van der Waals surface area contributed by atoms with Gasteiger partial charge in [0.05, 0.1) is 7.11 Å². The average Bonchev–Trinajstić information content (AvgIpc) is 2.29. The maximum Gasteiger partial charge on any atom is 0.122 e. The lowest BCUT2D eigenvalue weighted by molar-refractivity contribution is 0.0941. The fourth-order valence-electron chi connectivity index (χ4n) is 1.76. The molecule has 1 aromatic carbocycles. The maximum atomic E-state index is 9.60.